The number of carbonyl (C=O) groups is 2. The third-order valence-electron chi connectivity index (χ3n) is 13.2. The summed E-state index contributed by atoms with van der Waals surface area (Å²) in [5.74, 6) is -0.0769. The lowest BCUT2D eigenvalue weighted by molar-refractivity contribution is -0.143. The van der Waals surface area contributed by atoms with Crippen molar-refractivity contribution in [2.24, 2.45) is 0 Å². The first-order chi connectivity index (χ1) is 32.0. The molecule has 3 N–H and O–H groups in total. The third kappa shape index (κ3) is 51.3. The van der Waals surface area contributed by atoms with Gasteiger partial charge in [-0.2, -0.15) is 0 Å². The van der Waals surface area contributed by atoms with Crippen molar-refractivity contribution < 1.29 is 24.5 Å². The summed E-state index contributed by atoms with van der Waals surface area (Å²) < 4.78 is 5.47. The van der Waals surface area contributed by atoms with Crippen molar-refractivity contribution in [2.45, 2.75) is 315 Å². The van der Waals surface area contributed by atoms with Crippen molar-refractivity contribution in [3.63, 3.8) is 0 Å². The Kier molecular flexibility index (Phi) is 53.1. The minimum Gasteiger partial charge on any atom is -0.466 e. The monoisotopic (exact) mass is 914 g/mol. The highest BCUT2D eigenvalue weighted by atomic mass is 16.5. The summed E-state index contributed by atoms with van der Waals surface area (Å²) >= 11 is 0. The number of aliphatic hydroxyl groups is 2. The van der Waals surface area contributed by atoms with Crippen molar-refractivity contribution in [1.82, 2.24) is 5.32 Å². The van der Waals surface area contributed by atoms with Crippen molar-refractivity contribution in [3.05, 3.63) is 36.5 Å². The predicted octanol–water partition coefficient (Wildman–Crippen LogP) is 17.6. The van der Waals surface area contributed by atoms with Crippen LogP contribution in [0.4, 0.5) is 0 Å². The number of carbonyl (C=O) groups excluding carboxylic acids is 2. The van der Waals surface area contributed by atoms with Crippen molar-refractivity contribution >= 4 is 11.9 Å². The number of allylic oxidation sites excluding steroid dienone is 5. The molecule has 0 saturated heterocycles. The summed E-state index contributed by atoms with van der Waals surface area (Å²) in [6.07, 6.45) is 67.3. The summed E-state index contributed by atoms with van der Waals surface area (Å²) in [7, 11) is 0. The highest BCUT2D eigenvalue weighted by Gasteiger charge is 2.18. The second-order valence-corrected chi connectivity index (χ2v) is 19.6. The van der Waals surface area contributed by atoms with Crippen LogP contribution < -0.4 is 5.32 Å². The number of hydrogen-bond donors (Lipinski definition) is 3. The van der Waals surface area contributed by atoms with Gasteiger partial charge in [-0.3, -0.25) is 9.59 Å². The molecule has 0 rings (SSSR count). The molecule has 6 heteroatoms. The smallest absolute Gasteiger partial charge is 0.305 e. The average Bonchev–Trinajstić information content (AvgIpc) is 3.31. The molecule has 0 aliphatic heterocycles. The van der Waals surface area contributed by atoms with Crippen molar-refractivity contribution in [3.8, 4) is 0 Å². The lowest BCUT2D eigenvalue weighted by Gasteiger charge is -2.20. The third-order valence-corrected chi connectivity index (χ3v) is 13.2. The first kappa shape index (κ1) is 63.1. The van der Waals surface area contributed by atoms with E-state index >= 15 is 0 Å². The molecule has 382 valence electrons. The molecule has 0 radical (unpaired) electrons. The van der Waals surface area contributed by atoms with Crippen LogP contribution in [0.1, 0.15) is 303 Å². The largest absolute Gasteiger partial charge is 0.466 e. The van der Waals surface area contributed by atoms with Gasteiger partial charge in [0.1, 0.15) is 0 Å². The zero-order valence-corrected chi connectivity index (χ0v) is 43.5. The summed E-state index contributed by atoms with van der Waals surface area (Å²) in [4.78, 5) is 24.5. The van der Waals surface area contributed by atoms with E-state index in [0.717, 1.165) is 51.4 Å². The number of rotatable bonds is 53. The van der Waals surface area contributed by atoms with Gasteiger partial charge in [-0.1, -0.05) is 262 Å². The zero-order chi connectivity index (χ0) is 47.2. The molecule has 2 atom stereocenters. The number of esters is 1. The van der Waals surface area contributed by atoms with E-state index < -0.39 is 12.1 Å². The second-order valence-electron chi connectivity index (χ2n) is 19.6. The molecule has 6 nitrogen and oxygen atoms in total. The summed E-state index contributed by atoms with van der Waals surface area (Å²) in [5.41, 5.74) is 0. The zero-order valence-electron chi connectivity index (χ0n) is 43.5. The van der Waals surface area contributed by atoms with Crippen LogP contribution in [-0.2, 0) is 14.3 Å². The van der Waals surface area contributed by atoms with E-state index in [0.29, 0.717) is 19.4 Å². The minimum absolute atomic E-state index is 0.00595. The van der Waals surface area contributed by atoms with E-state index in [2.05, 4.69) is 43.5 Å². The quantitative estimate of drug-likeness (QED) is 0.0321. The van der Waals surface area contributed by atoms with Crippen LogP contribution in [0.15, 0.2) is 36.5 Å². The lowest BCUT2D eigenvalue weighted by atomic mass is 10.0. The molecule has 2 unspecified atom stereocenters. The number of nitrogens with one attached hydrogen (secondary N) is 1. The number of unbranched alkanes of at least 4 members (excludes halogenated alkanes) is 38. The molecule has 0 spiro atoms. The molecule has 65 heavy (non-hydrogen) atoms. The molecule has 0 heterocycles. The lowest BCUT2D eigenvalue weighted by Crippen LogP contribution is -2.45. The number of hydrogen-bond acceptors (Lipinski definition) is 5. The molecular formula is C59H111NO5. The molecule has 0 bridgehead atoms. The van der Waals surface area contributed by atoms with Crippen LogP contribution in [-0.4, -0.2) is 47.4 Å². The number of amides is 1. The van der Waals surface area contributed by atoms with E-state index in [1.165, 1.54) is 225 Å². The highest BCUT2D eigenvalue weighted by molar-refractivity contribution is 5.76. The van der Waals surface area contributed by atoms with Crippen molar-refractivity contribution in [1.29, 1.82) is 0 Å². The van der Waals surface area contributed by atoms with E-state index in [-0.39, 0.29) is 18.5 Å². The van der Waals surface area contributed by atoms with Crippen LogP contribution in [0.3, 0.4) is 0 Å². The Morgan fingerprint density at radius 3 is 1.20 bits per heavy atom. The van der Waals surface area contributed by atoms with Gasteiger partial charge in [0.2, 0.25) is 5.91 Å². The fourth-order valence-corrected chi connectivity index (χ4v) is 8.72. The minimum atomic E-state index is -0.846. The van der Waals surface area contributed by atoms with Crippen LogP contribution in [0.5, 0.6) is 0 Å². The van der Waals surface area contributed by atoms with Gasteiger partial charge in [-0.25, -0.2) is 0 Å². The van der Waals surface area contributed by atoms with Gasteiger partial charge >= 0.3 is 5.97 Å². The van der Waals surface area contributed by atoms with Gasteiger partial charge in [0, 0.05) is 12.8 Å². The maximum absolute atomic E-state index is 12.4. The predicted molar refractivity (Wildman–Crippen MR) is 283 cm³/mol. The van der Waals surface area contributed by atoms with Gasteiger partial charge in [0.25, 0.3) is 0 Å². The SMILES string of the molecule is CCCCC/C=C\C/C=C\CCCCCCCC(=O)OCCCCCCCCCCCCCCCCCCCCCC(=O)NC(CO)C(O)/C=C/CCCCCCCCCCCCCC. The van der Waals surface area contributed by atoms with Crippen LogP contribution in [0.2, 0.25) is 0 Å². The Bertz CT molecular complexity index is 1060. The summed E-state index contributed by atoms with van der Waals surface area (Å²) in [5, 5.41) is 23.1. The number of ether oxygens (including phenoxy) is 1. The normalized spacial score (nSPS) is 12.9. The summed E-state index contributed by atoms with van der Waals surface area (Å²) in [6.45, 7) is 4.87. The first-order valence-electron chi connectivity index (χ1n) is 28.8. The number of aliphatic hydroxyl groups excluding tert-OH is 2. The van der Waals surface area contributed by atoms with Crippen LogP contribution in [0, 0.1) is 0 Å². The molecule has 0 aromatic heterocycles. The Balaban J connectivity index is 3.43. The van der Waals surface area contributed by atoms with Crippen molar-refractivity contribution in [2.75, 3.05) is 13.2 Å². The Morgan fingerprint density at radius 1 is 0.431 bits per heavy atom. The van der Waals surface area contributed by atoms with Crippen LogP contribution in [0.25, 0.3) is 0 Å². The molecule has 1 amide bonds. The van der Waals surface area contributed by atoms with E-state index in [1.807, 2.05) is 6.08 Å². The fourth-order valence-electron chi connectivity index (χ4n) is 8.72. The second kappa shape index (κ2) is 54.7. The Morgan fingerprint density at radius 2 is 0.769 bits per heavy atom. The Hall–Kier alpha value is -1.92. The maximum atomic E-state index is 12.4. The van der Waals surface area contributed by atoms with Gasteiger partial charge in [0.05, 0.1) is 25.4 Å². The van der Waals surface area contributed by atoms with Gasteiger partial charge in [0.15, 0.2) is 0 Å². The van der Waals surface area contributed by atoms with E-state index in [1.54, 1.807) is 6.08 Å². The molecular weight excluding hydrogens is 803 g/mol. The standard InChI is InChI=1S/C59H111NO5/c1-3-5-7-9-11-13-15-17-24-29-33-37-41-45-49-53-59(64)65-54-50-46-42-38-34-30-26-23-21-19-20-22-25-28-32-36-40-44-48-52-58(63)60-56(55-61)57(62)51-47-43-39-35-31-27-18-16-14-12-10-8-6-4-2/h11,13,17,24,47,51,56-57,61-62H,3-10,12,14-16,18-23,25-46,48-50,52-55H2,1-2H3,(H,60,63)/b13-11-,24-17-,51-47+. The molecule has 0 fully saturated rings. The molecule has 0 saturated carbocycles. The Labute approximate surface area is 404 Å². The fraction of sp³-hybridized carbons (Fsp3) is 0.864. The molecule has 0 aliphatic rings. The average molecular weight is 915 g/mol. The summed E-state index contributed by atoms with van der Waals surface area (Å²) in [6, 6.07) is -0.630. The highest BCUT2D eigenvalue weighted by Crippen LogP contribution is 2.17. The topological polar surface area (TPSA) is 95.9 Å². The van der Waals surface area contributed by atoms with Gasteiger partial charge < -0.3 is 20.3 Å². The molecule has 0 aliphatic carbocycles. The van der Waals surface area contributed by atoms with Gasteiger partial charge in [-0.05, 0) is 64.2 Å². The van der Waals surface area contributed by atoms with E-state index in [4.69, 9.17) is 4.74 Å². The van der Waals surface area contributed by atoms with Gasteiger partial charge in [-0.15, -0.1) is 0 Å². The molecule has 0 aromatic rings. The first-order valence-corrected chi connectivity index (χ1v) is 28.8. The van der Waals surface area contributed by atoms with Crippen LogP contribution >= 0.6 is 0 Å². The maximum Gasteiger partial charge on any atom is 0.305 e. The van der Waals surface area contributed by atoms with E-state index in [9.17, 15) is 19.8 Å². The molecule has 0 aromatic carbocycles.